The lowest BCUT2D eigenvalue weighted by Gasteiger charge is -2.32. The van der Waals surface area contributed by atoms with Crippen molar-refractivity contribution in [3.8, 4) is 11.4 Å². The minimum Gasteiger partial charge on any atom is -0.487 e. The number of rotatable bonds is 8. The van der Waals surface area contributed by atoms with E-state index in [-0.39, 0.29) is 12.5 Å². The van der Waals surface area contributed by atoms with Crippen molar-refractivity contribution in [1.82, 2.24) is 24.9 Å². The first kappa shape index (κ1) is 19.2. The fourth-order valence-corrected chi connectivity index (χ4v) is 3.84. The van der Waals surface area contributed by atoms with Crippen LogP contribution in [-0.2, 0) is 6.42 Å². The number of halogens is 3. The highest BCUT2D eigenvalue weighted by Crippen LogP contribution is 2.49. The second-order valence-electron chi connectivity index (χ2n) is 7.88. The van der Waals surface area contributed by atoms with E-state index < -0.39 is 12.6 Å². The van der Waals surface area contributed by atoms with Gasteiger partial charge in [0.2, 0.25) is 0 Å². The maximum atomic E-state index is 12.2. The minimum absolute atomic E-state index is 0.0956. The summed E-state index contributed by atoms with van der Waals surface area (Å²) >= 11 is 0. The van der Waals surface area contributed by atoms with Gasteiger partial charge in [-0.05, 0) is 33.1 Å². The first-order valence-corrected chi connectivity index (χ1v) is 9.67. The molecule has 3 heterocycles. The Morgan fingerprint density at radius 3 is 2.79 bits per heavy atom. The van der Waals surface area contributed by atoms with Gasteiger partial charge in [0.15, 0.2) is 0 Å². The van der Waals surface area contributed by atoms with Gasteiger partial charge in [0, 0.05) is 31.0 Å². The predicted molar refractivity (Wildman–Crippen MR) is 96.3 cm³/mol. The highest BCUT2D eigenvalue weighted by atomic mass is 19.4. The lowest BCUT2D eigenvalue weighted by Crippen LogP contribution is -2.44. The molecule has 0 radical (unpaired) electrons. The highest BCUT2D eigenvalue weighted by Gasteiger charge is 2.64. The summed E-state index contributed by atoms with van der Waals surface area (Å²) in [4.78, 5) is 6.67. The Kier molecular flexibility index (Phi) is 5.03. The SMILES string of the molecule is CC(C)N1CC2C(Oc3cncc(-n4cc(CCCCC(F)(F)F)nn4)c3)[C@H]21. The molecule has 0 spiro atoms. The van der Waals surface area contributed by atoms with Crippen LogP contribution in [0.25, 0.3) is 5.69 Å². The number of pyridine rings is 1. The van der Waals surface area contributed by atoms with E-state index >= 15 is 0 Å². The van der Waals surface area contributed by atoms with E-state index in [1.807, 2.05) is 6.07 Å². The molecule has 3 atom stereocenters. The van der Waals surface area contributed by atoms with Crippen LogP contribution in [0.5, 0.6) is 5.75 Å². The summed E-state index contributed by atoms with van der Waals surface area (Å²) in [6.45, 7) is 5.47. The smallest absolute Gasteiger partial charge is 0.389 e. The number of nitrogens with zero attached hydrogens (tertiary/aromatic N) is 5. The van der Waals surface area contributed by atoms with Crippen molar-refractivity contribution in [2.75, 3.05) is 6.54 Å². The molecule has 0 bridgehead atoms. The third kappa shape index (κ3) is 4.14. The average molecular weight is 395 g/mol. The number of aryl methyl sites for hydroxylation is 1. The summed E-state index contributed by atoms with van der Waals surface area (Å²) in [6, 6.07) is 2.91. The van der Waals surface area contributed by atoms with Gasteiger partial charge in [0.25, 0.3) is 0 Å². The van der Waals surface area contributed by atoms with E-state index in [4.69, 9.17) is 4.74 Å². The lowest BCUT2D eigenvalue weighted by atomic mass is 10.1. The number of aromatic nitrogens is 4. The molecule has 1 saturated heterocycles. The summed E-state index contributed by atoms with van der Waals surface area (Å²) in [5.41, 5.74) is 1.39. The normalized spacial score (nSPS) is 24.1. The van der Waals surface area contributed by atoms with Crippen molar-refractivity contribution in [3.05, 3.63) is 30.4 Å². The number of hydrogen-bond donors (Lipinski definition) is 0. The number of unbranched alkanes of at least 4 members (excludes halogenated alkanes) is 1. The number of alkyl halides is 3. The molecule has 2 aromatic rings. The van der Waals surface area contributed by atoms with E-state index in [0.717, 1.165) is 12.2 Å². The zero-order chi connectivity index (χ0) is 19.9. The van der Waals surface area contributed by atoms with Gasteiger partial charge in [-0.15, -0.1) is 5.10 Å². The number of ether oxygens (including phenoxy) is 1. The molecule has 0 N–H and O–H groups in total. The number of likely N-dealkylation sites (tertiary alicyclic amines) is 1. The van der Waals surface area contributed by atoms with Crippen molar-refractivity contribution in [2.24, 2.45) is 5.92 Å². The summed E-state index contributed by atoms with van der Waals surface area (Å²) < 4.78 is 44.3. The number of hydrogen-bond acceptors (Lipinski definition) is 5. The van der Waals surface area contributed by atoms with Gasteiger partial charge < -0.3 is 4.74 Å². The van der Waals surface area contributed by atoms with Gasteiger partial charge in [-0.1, -0.05) is 5.21 Å². The van der Waals surface area contributed by atoms with Crippen molar-refractivity contribution >= 4 is 0 Å². The van der Waals surface area contributed by atoms with Crippen LogP contribution in [0.1, 0.15) is 38.8 Å². The van der Waals surface area contributed by atoms with Crippen molar-refractivity contribution < 1.29 is 17.9 Å². The Labute approximate surface area is 161 Å². The third-order valence-electron chi connectivity index (χ3n) is 5.44. The first-order valence-electron chi connectivity index (χ1n) is 9.67. The molecule has 152 valence electrons. The maximum absolute atomic E-state index is 12.2. The van der Waals surface area contributed by atoms with Crippen LogP contribution < -0.4 is 4.74 Å². The van der Waals surface area contributed by atoms with Gasteiger partial charge in [0.1, 0.15) is 11.9 Å². The molecule has 9 heteroatoms. The third-order valence-corrected chi connectivity index (χ3v) is 5.44. The molecule has 28 heavy (non-hydrogen) atoms. The summed E-state index contributed by atoms with van der Waals surface area (Å²) in [6.07, 6.45) is 1.44. The quantitative estimate of drug-likeness (QED) is 0.641. The molecule has 2 unspecified atom stereocenters. The van der Waals surface area contributed by atoms with Crippen LogP contribution in [0.3, 0.4) is 0 Å². The molecule has 0 amide bonds. The van der Waals surface area contributed by atoms with Crippen LogP contribution in [0.15, 0.2) is 24.7 Å². The van der Waals surface area contributed by atoms with Crippen LogP contribution in [0.4, 0.5) is 13.2 Å². The topological polar surface area (TPSA) is 56.1 Å². The van der Waals surface area contributed by atoms with Gasteiger partial charge >= 0.3 is 6.18 Å². The second kappa shape index (κ2) is 7.35. The number of fused-ring (bicyclic) bond motifs is 1. The van der Waals surface area contributed by atoms with Crippen LogP contribution in [-0.4, -0.2) is 55.8 Å². The molecular formula is C19H24F3N5O. The molecule has 1 aliphatic carbocycles. The Balaban J connectivity index is 1.32. The molecule has 4 rings (SSSR count). The largest absolute Gasteiger partial charge is 0.487 e. The average Bonchev–Trinajstić information content (AvgIpc) is 2.94. The van der Waals surface area contributed by atoms with Gasteiger partial charge in [-0.25, -0.2) is 4.68 Å². The molecule has 2 fully saturated rings. The molecule has 2 aromatic heterocycles. The maximum Gasteiger partial charge on any atom is 0.389 e. The zero-order valence-corrected chi connectivity index (χ0v) is 15.9. The fourth-order valence-electron chi connectivity index (χ4n) is 3.84. The zero-order valence-electron chi connectivity index (χ0n) is 15.9. The Hall–Kier alpha value is -2.16. The van der Waals surface area contributed by atoms with E-state index in [2.05, 4.69) is 34.0 Å². The second-order valence-corrected chi connectivity index (χ2v) is 7.88. The van der Waals surface area contributed by atoms with Crippen LogP contribution in [0, 0.1) is 5.92 Å². The Morgan fingerprint density at radius 1 is 1.25 bits per heavy atom. The minimum atomic E-state index is -4.10. The molecule has 6 nitrogen and oxygen atoms in total. The van der Waals surface area contributed by atoms with Crippen molar-refractivity contribution in [1.29, 1.82) is 0 Å². The van der Waals surface area contributed by atoms with Crippen LogP contribution >= 0.6 is 0 Å². The highest BCUT2D eigenvalue weighted by molar-refractivity contribution is 5.36. The predicted octanol–water partition coefficient (Wildman–Crippen LogP) is 3.41. The van der Waals surface area contributed by atoms with Gasteiger partial charge in [-0.3, -0.25) is 9.88 Å². The summed E-state index contributed by atoms with van der Waals surface area (Å²) in [5.74, 6) is 1.31. The van der Waals surface area contributed by atoms with E-state index in [0.29, 0.717) is 42.3 Å². The Morgan fingerprint density at radius 2 is 2.07 bits per heavy atom. The van der Waals surface area contributed by atoms with E-state index in [9.17, 15) is 13.2 Å². The summed E-state index contributed by atoms with van der Waals surface area (Å²) in [5, 5.41) is 8.12. The van der Waals surface area contributed by atoms with Crippen molar-refractivity contribution in [2.45, 2.75) is 63.9 Å². The fraction of sp³-hybridized carbons (Fsp3) is 0.632. The van der Waals surface area contributed by atoms with Gasteiger partial charge in [-0.2, -0.15) is 13.2 Å². The van der Waals surface area contributed by atoms with Crippen molar-refractivity contribution in [3.63, 3.8) is 0 Å². The standard InChI is InChI=1S/C19H24F3N5O/c1-12(2)26-11-16-17(26)18(16)28-15-7-14(8-23-9-15)27-10-13(24-25-27)5-3-4-6-19(20,21)22/h7-10,12,16-18H,3-6,11H2,1-2H3/t16?,17-,18?/m0/s1. The van der Waals surface area contributed by atoms with E-state index in [1.165, 1.54) is 0 Å². The molecule has 0 aromatic carbocycles. The summed E-state index contributed by atoms with van der Waals surface area (Å²) in [7, 11) is 0. The first-order chi connectivity index (χ1) is 13.3. The molecule has 1 aliphatic heterocycles. The van der Waals surface area contributed by atoms with Gasteiger partial charge in [0.05, 0.1) is 36.0 Å². The molecule has 1 saturated carbocycles. The lowest BCUT2D eigenvalue weighted by molar-refractivity contribution is -0.135. The van der Waals surface area contributed by atoms with E-state index in [1.54, 1.807) is 23.3 Å². The Bertz CT molecular complexity index is 822. The van der Waals surface area contributed by atoms with Crippen LogP contribution in [0.2, 0.25) is 0 Å². The molecular weight excluding hydrogens is 371 g/mol. The molecule has 2 aliphatic rings. The monoisotopic (exact) mass is 395 g/mol.